The van der Waals surface area contributed by atoms with Crippen LogP contribution in [0, 0.1) is 0 Å². The van der Waals surface area contributed by atoms with Gasteiger partial charge in [-0.3, -0.25) is 14.4 Å². The zero-order valence-electron chi connectivity index (χ0n) is 16.8. The van der Waals surface area contributed by atoms with Crippen LogP contribution in [0.25, 0.3) is 0 Å². The van der Waals surface area contributed by atoms with Gasteiger partial charge in [0.25, 0.3) is 0 Å². The fourth-order valence-corrected chi connectivity index (χ4v) is 2.82. The average Bonchev–Trinajstić information content (AvgIpc) is 2.70. The lowest BCUT2D eigenvalue weighted by molar-refractivity contribution is -0.174. The minimum Gasteiger partial charge on any atom is -0.350 e. The van der Waals surface area contributed by atoms with Crippen LogP contribution in [0.15, 0.2) is 30.3 Å². The van der Waals surface area contributed by atoms with E-state index in [0.717, 1.165) is 0 Å². The summed E-state index contributed by atoms with van der Waals surface area (Å²) in [5.74, 6) is -5.42. The summed E-state index contributed by atoms with van der Waals surface area (Å²) >= 11 is 6.28. The second kappa shape index (κ2) is 11.9. The maximum Gasteiger partial charge on any atom is 0.471 e. The van der Waals surface area contributed by atoms with Crippen molar-refractivity contribution in [2.75, 3.05) is 6.54 Å². The van der Waals surface area contributed by atoms with E-state index in [1.807, 2.05) is 0 Å². The molecule has 13 heteroatoms. The van der Waals surface area contributed by atoms with Crippen LogP contribution in [0.4, 0.5) is 26.3 Å². The monoisotopic (exact) mass is 489 g/mol. The molecule has 0 fully saturated rings. The summed E-state index contributed by atoms with van der Waals surface area (Å²) in [5.41, 5.74) is 0.651. The molecule has 0 spiro atoms. The molecule has 0 aliphatic heterocycles. The highest BCUT2D eigenvalue weighted by atomic mass is 35.5. The van der Waals surface area contributed by atoms with Crippen LogP contribution in [-0.4, -0.2) is 48.7 Å². The van der Waals surface area contributed by atoms with E-state index < -0.39 is 54.1 Å². The highest BCUT2D eigenvalue weighted by Crippen LogP contribution is 2.24. The topological polar surface area (TPSA) is 87.3 Å². The largest absolute Gasteiger partial charge is 0.471 e. The smallest absolute Gasteiger partial charge is 0.350 e. The van der Waals surface area contributed by atoms with Crippen molar-refractivity contribution < 1.29 is 40.7 Å². The molecule has 3 atom stereocenters. The third-order valence-electron chi connectivity index (χ3n) is 4.27. The van der Waals surface area contributed by atoms with Gasteiger partial charge in [0, 0.05) is 12.6 Å². The number of amides is 3. The Morgan fingerprint density at radius 3 is 2.00 bits per heavy atom. The molecule has 0 bridgehead atoms. The van der Waals surface area contributed by atoms with E-state index in [-0.39, 0.29) is 19.3 Å². The molecule has 3 N–H and O–H groups in total. The molecule has 1 rings (SSSR count). The standard InChI is InChI=1S/C19H22ClF6N3O3/c1-11(14(20)12-7-3-2-4-8-12)28-15(30)13(29-17(32)19(24,25)26)9-5-6-10-27-16(31)18(21,22)23/h2-4,7-8,11,13-14H,5-6,9-10H2,1H3,(H,27,31)(H,28,30)(H,29,32). The Bertz CT molecular complexity index is 774. The van der Waals surface area contributed by atoms with E-state index in [2.05, 4.69) is 5.32 Å². The molecular weight excluding hydrogens is 468 g/mol. The number of hydrogen-bond acceptors (Lipinski definition) is 3. The molecule has 0 heterocycles. The molecule has 6 nitrogen and oxygen atoms in total. The fraction of sp³-hybridized carbons (Fsp3) is 0.526. The quantitative estimate of drug-likeness (QED) is 0.267. The summed E-state index contributed by atoms with van der Waals surface area (Å²) in [7, 11) is 0. The summed E-state index contributed by atoms with van der Waals surface area (Å²) in [6.07, 6.45) is -10.7. The van der Waals surface area contributed by atoms with Crippen LogP contribution >= 0.6 is 11.6 Å². The zero-order valence-corrected chi connectivity index (χ0v) is 17.6. The van der Waals surface area contributed by atoms with Crippen LogP contribution in [0.2, 0.25) is 0 Å². The van der Waals surface area contributed by atoms with Crippen molar-refractivity contribution in [2.45, 2.75) is 56.0 Å². The minimum atomic E-state index is -5.23. The van der Waals surface area contributed by atoms with Crippen molar-refractivity contribution in [3.05, 3.63) is 35.9 Å². The summed E-state index contributed by atoms with van der Waals surface area (Å²) in [6.45, 7) is 1.12. The number of alkyl halides is 7. The number of benzene rings is 1. The van der Waals surface area contributed by atoms with Crippen molar-refractivity contribution in [1.82, 2.24) is 16.0 Å². The van der Waals surface area contributed by atoms with Crippen molar-refractivity contribution in [3.63, 3.8) is 0 Å². The van der Waals surface area contributed by atoms with E-state index in [4.69, 9.17) is 11.6 Å². The minimum absolute atomic E-state index is 0.0499. The third kappa shape index (κ3) is 9.33. The Kier molecular flexibility index (Phi) is 10.3. The third-order valence-corrected chi connectivity index (χ3v) is 4.90. The Morgan fingerprint density at radius 1 is 0.906 bits per heavy atom. The molecule has 32 heavy (non-hydrogen) atoms. The summed E-state index contributed by atoms with van der Waals surface area (Å²) in [5, 5.41) is 4.92. The molecule has 0 aromatic heterocycles. The lowest BCUT2D eigenvalue weighted by atomic mass is 10.0. The van der Waals surface area contributed by atoms with Crippen LogP contribution < -0.4 is 16.0 Å². The van der Waals surface area contributed by atoms with Crippen molar-refractivity contribution in [1.29, 1.82) is 0 Å². The van der Waals surface area contributed by atoms with Crippen LogP contribution in [-0.2, 0) is 14.4 Å². The van der Waals surface area contributed by atoms with Crippen LogP contribution in [0.1, 0.15) is 37.1 Å². The van der Waals surface area contributed by atoms with Gasteiger partial charge in [0.1, 0.15) is 6.04 Å². The Hall–Kier alpha value is -2.50. The molecule has 1 aromatic rings. The lowest BCUT2D eigenvalue weighted by Crippen LogP contribution is -2.52. The molecule has 0 aliphatic carbocycles. The molecule has 180 valence electrons. The molecule has 0 saturated heterocycles. The van der Waals surface area contributed by atoms with E-state index in [1.165, 1.54) is 6.92 Å². The molecule has 0 saturated carbocycles. The highest BCUT2D eigenvalue weighted by molar-refractivity contribution is 6.21. The lowest BCUT2D eigenvalue weighted by Gasteiger charge is -2.24. The van der Waals surface area contributed by atoms with Gasteiger partial charge >= 0.3 is 24.2 Å². The highest BCUT2D eigenvalue weighted by Gasteiger charge is 2.41. The Labute approximate surface area is 185 Å². The van der Waals surface area contributed by atoms with Gasteiger partial charge in [-0.1, -0.05) is 30.3 Å². The van der Waals surface area contributed by atoms with Gasteiger partial charge in [0.15, 0.2) is 0 Å². The van der Waals surface area contributed by atoms with Crippen molar-refractivity contribution in [3.8, 4) is 0 Å². The normalized spacial score (nSPS) is 14.8. The number of carbonyl (C=O) groups excluding carboxylic acids is 3. The summed E-state index contributed by atoms with van der Waals surface area (Å²) in [4.78, 5) is 34.5. The maximum atomic E-state index is 12.6. The second-order valence-electron chi connectivity index (χ2n) is 6.88. The van der Waals surface area contributed by atoms with Gasteiger partial charge in [-0.15, -0.1) is 11.6 Å². The first kappa shape index (κ1) is 27.5. The molecule has 1 aromatic carbocycles. The van der Waals surface area contributed by atoms with Gasteiger partial charge in [-0.05, 0) is 31.7 Å². The number of unbranched alkanes of at least 4 members (excludes halogenated alkanes) is 1. The van der Waals surface area contributed by atoms with Gasteiger partial charge in [-0.25, -0.2) is 0 Å². The SMILES string of the molecule is CC(NC(=O)C(CCCCNC(=O)C(F)(F)F)NC(=O)C(F)(F)F)C(Cl)c1ccccc1. The number of halogens is 7. The first-order chi connectivity index (χ1) is 14.7. The van der Waals surface area contributed by atoms with E-state index in [0.29, 0.717) is 5.56 Å². The molecule has 0 aliphatic rings. The first-order valence-corrected chi connectivity index (χ1v) is 9.89. The zero-order chi connectivity index (χ0) is 24.5. The van der Waals surface area contributed by atoms with Crippen molar-refractivity contribution >= 4 is 29.3 Å². The fourth-order valence-electron chi connectivity index (χ4n) is 2.61. The molecular formula is C19H22ClF6N3O3. The van der Waals surface area contributed by atoms with E-state index in [9.17, 15) is 40.7 Å². The number of nitrogens with one attached hydrogen (secondary N) is 3. The predicted molar refractivity (Wildman–Crippen MR) is 104 cm³/mol. The average molecular weight is 490 g/mol. The Morgan fingerprint density at radius 2 is 1.47 bits per heavy atom. The van der Waals surface area contributed by atoms with Gasteiger partial charge in [0.2, 0.25) is 5.91 Å². The molecule has 0 radical (unpaired) electrons. The first-order valence-electron chi connectivity index (χ1n) is 9.45. The summed E-state index contributed by atoms with van der Waals surface area (Å²) in [6, 6.07) is 6.23. The van der Waals surface area contributed by atoms with E-state index in [1.54, 1.807) is 41.0 Å². The maximum absolute atomic E-state index is 12.6. The molecule has 3 unspecified atom stereocenters. The second-order valence-corrected chi connectivity index (χ2v) is 7.35. The van der Waals surface area contributed by atoms with Gasteiger partial charge in [0.05, 0.1) is 5.38 Å². The Balaban J connectivity index is 2.70. The molecule has 3 amide bonds. The van der Waals surface area contributed by atoms with E-state index >= 15 is 0 Å². The predicted octanol–water partition coefficient (Wildman–Crippen LogP) is 3.37. The van der Waals surface area contributed by atoms with Gasteiger partial charge in [-0.2, -0.15) is 26.3 Å². The van der Waals surface area contributed by atoms with Gasteiger partial charge < -0.3 is 16.0 Å². The van der Waals surface area contributed by atoms with Crippen LogP contribution in [0.3, 0.4) is 0 Å². The number of carbonyl (C=O) groups is 3. The number of rotatable bonds is 10. The van der Waals surface area contributed by atoms with Crippen LogP contribution in [0.5, 0.6) is 0 Å². The van der Waals surface area contributed by atoms with Crippen molar-refractivity contribution in [2.24, 2.45) is 0 Å². The number of hydrogen-bond donors (Lipinski definition) is 3. The summed E-state index contributed by atoms with van der Waals surface area (Å²) < 4.78 is 74.2.